The van der Waals surface area contributed by atoms with E-state index in [0.717, 1.165) is 33.7 Å². The van der Waals surface area contributed by atoms with Crippen molar-refractivity contribution >= 4 is 27.0 Å². The number of hydrogen-bond donors (Lipinski definition) is 1. The highest BCUT2D eigenvalue weighted by Gasteiger charge is 2.19. The third-order valence-electron chi connectivity index (χ3n) is 3.20. The molecule has 3 heteroatoms. The van der Waals surface area contributed by atoms with E-state index in [2.05, 4.69) is 38.0 Å². The number of rotatable bonds is 2. The van der Waals surface area contributed by atoms with Gasteiger partial charge in [-0.25, -0.2) is 4.98 Å². The predicted molar refractivity (Wildman–Crippen MR) is 64.8 cm³/mol. The zero-order chi connectivity index (χ0) is 10.3. The van der Waals surface area contributed by atoms with Gasteiger partial charge in [-0.3, -0.25) is 0 Å². The molecule has 0 bridgehead atoms. The largest absolute Gasteiger partial charge is 0.342 e. The molecule has 2 nitrogen and oxygen atoms in total. The monoisotopic (exact) mass is 264 g/mol. The summed E-state index contributed by atoms with van der Waals surface area (Å²) in [7, 11) is 0. The van der Waals surface area contributed by atoms with Crippen LogP contribution < -0.4 is 0 Å². The van der Waals surface area contributed by atoms with Gasteiger partial charge in [0.1, 0.15) is 5.82 Å². The van der Waals surface area contributed by atoms with Crippen LogP contribution in [0.2, 0.25) is 0 Å². The lowest BCUT2D eigenvalue weighted by molar-refractivity contribution is 0.310. The van der Waals surface area contributed by atoms with E-state index in [1.54, 1.807) is 0 Å². The first kappa shape index (κ1) is 9.40. The van der Waals surface area contributed by atoms with Crippen molar-refractivity contribution in [1.82, 2.24) is 9.97 Å². The van der Waals surface area contributed by atoms with Crippen molar-refractivity contribution in [3.8, 4) is 0 Å². The smallest absolute Gasteiger partial charge is 0.107 e. The molecule has 0 saturated heterocycles. The fourth-order valence-electron chi connectivity index (χ4n) is 2.10. The quantitative estimate of drug-likeness (QED) is 0.881. The van der Waals surface area contributed by atoms with E-state index in [9.17, 15) is 0 Å². The number of fused-ring (bicyclic) bond motifs is 1. The van der Waals surface area contributed by atoms with Crippen LogP contribution in [0.4, 0.5) is 0 Å². The van der Waals surface area contributed by atoms with Crippen LogP contribution in [0.15, 0.2) is 22.7 Å². The second-order valence-electron chi connectivity index (χ2n) is 4.35. The van der Waals surface area contributed by atoms with Crippen LogP contribution in [0.5, 0.6) is 0 Å². The number of benzene rings is 1. The molecule has 2 aromatic rings. The van der Waals surface area contributed by atoms with Gasteiger partial charge in [0, 0.05) is 10.9 Å². The average molecular weight is 265 g/mol. The normalized spacial score (nSPS) is 16.9. The number of nitrogens with zero attached hydrogens (tertiary/aromatic N) is 1. The van der Waals surface area contributed by atoms with E-state index in [1.807, 2.05) is 6.07 Å². The highest BCUT2D eigenvalue weighted by molar-refractivity contribution is 9.10. The predicted octanol–water partition coefficient (Wildman–Crippen LogP) is 3.67. The summed E-state index contributed by atoms with van der Waals surface area (Å²) in [6.07, 6.45) is 5.27. The lowest BCUT2D eigenvalue weighted by atomic mass is 9.83. The maximum atomic E-state index is 4.60. The summed E-state index contributed by atoms with van der Waals surface area (Å²) in [6.45, 7) is 0. The molecule has 1 N–H and O–H groups in total. The molecule has 0 spiro atoms. The molecule has 15 heavy (non-hydrogen) atoms. The Morgan fingerprint density at radius 1 is 1.40 bits per heavy atom. The molecule has 1 aromatic heterocycles. The summed E-state index contributed by atoms with van der Waals surface area (Å²) >= 11 is 3.47. The first-order chi connectivity index (χ1) is 7.31. The zero-order valence-electron chi connectivity index (χ0n) is 8.46. The molecular weight excluding hydrogens is 252 g/mol. The van der Waals surface area contributed by atoms with Crippen molar-refractivity contribution in [2.45, 2.75) is 25.7 Å². The number of halogens is 1. The van der Waals surface area contributed by atoms with Crippen molar-refractivity contribution in [3.05, 3.63) is 28.5 Å². The molecular formula is C12H13BrN2. The molecule has 0 amide bonds. The van der Waals surface area contributed by atoms with Crippen molar-refractivity contribution in [2.75, 3.05) is 0 Å². The number of H-pyrrole nitrogens is 1. The highest BCUT2D eigenvalue weighted by Crippen LogP contribution is 2.29. The molecule has 78 valence electrons. The van der Waals surface area contributed by atoms with Crippen LogP contribution >= 0.6 is 15.9 Å². The van der Waals surface area contributed by atoms with Crippen LogP contribution in [0.25, 0.3) is 11.0 Å². The fourth-order valence-corrected chi connectivity index (χ4v) is 2.46. The highest BCUT2D eigenvalue weighted by atomic mass is 79.9. The van der Waals surface area contributed by atoms with Gasteiger partial charge in [-0.1, -0.05) is 35.2 Å². The molecule has 1 heterocycles. The fraction of sp³-hybridized carbons (Fsp3) is 0.417. The van der Waals surface area contributed by atoms with Crippen LogP contribution in [0, 0.1) is 5.92 Å². The van der Waals surface area contributed by atoms with Gasteiger partial charge in [0.15, 0.2) is 0 Å². The van der Waals surface area contributed by atoms with Gasteiger partial charge in [0.05, 0.1) is 11.0 Å². The Balaban J connectivity index is 1.91. The van der Waals surface area contributed by atoms with Gasteiger partial charge in [-0.15, -0.1) is 0 Å². The Kier molecular flexibility index (Phi) is 2.28. The van der Waals surface area contributed by atoms with Gasteiger partial charge in [0.25, 0.3) is 0 Å². The minimum Gasteiger partial charge on any atom is -0.342 e. The van der Waals surface area contributed by atoms with Gasteiger partial charge < -0.3 is 4.98 Å². The average Bonchev–Trinajstić information content (AvgIpc) is 2.53. The maximum Gasteiger partial charge on any atom is 0.107 e. The summed E-state index contributed by atoms with van der Waals surface area (Å²) in [5.41, 5.74) is 2.21. The summed E-state index contributed by atoms with van der Waals surface area (Å²) < 4.78 is 1.11. The molecule has 3 rings (SSSR count). The van der Waals surface area contributed by atoms with Crippen LogP contribution in [0.1, 0.15) is 25.1 Å². The van der Waals surface area contributed by atoms with Crippen LogP contribution in [-0.2, 0) is 6.42 Å². The summed E-state index contributed by atoms with van der Waals surface area (Å²) in [4.78, 5) is 7.99. The molecule has 1 saturated carbocycles. The number of aromatic nitrogens is 2. The second-order valence-corrected chi connectivity index (χ2v) is 5.26. The summed E-state index contributed by atoms with van der Waals surface area (Å²) in [5, 5.41) is 0. The standard InChI is InChI=1S/C12H13BrN2/c13-9-4-5-10-11(7-9)15-12(14-10)6-8-2-1-3-8/h4-5,7-8H,1-3,6H2,(H,14,15). The molecule has 1 fully saturated rings. The number of aromatic amines is 1. The molecule has 0 atom stereocenters. The number of hydrogen-bond acceptors (Lipinski definition) is 1. The SMILES string of the molecule is Brc1ccc2nc(CC3CCC3)[nH]c2c1. The van der Waals surface area contributed by atoms with Gasteiger partial charge in [0.2, 0.25) is 0 Å². The van der Waals surface area contributed by atoms with Crippen LogP contribution in [-0.4, -0.2) is 9.97 Å². The van der Waals surface area contributed by atoms with Crippen LogP contribution in [0.3, 0.4) is 0 Å². The summed E-state index contributed by atoms with van der Waals surface area (Å²) in [5.74, 6) is 2.02. The molecule has 0 unspecified atom stereocenters. The molecule has 0 aliphatic heterocycles. The lowest BCUT2D eigenvalue weighted by Gasteiger charge is -2.23. The number of nitrogens with one attached hydrogen (secondary N) is 1. The number of imidazole rings is 1. The third kappa shape index (κ3) is 1.81. The van der Waals surface area contributed by atoms with Gasteiger partial charge in [-0.05, 0) is 24.1 Å². The Labute approximate surface area is 97.2 Å². The Morgan fingerprint density at radius 3 is 3.00 bits per heavy atom. The second kappa shape index (κ2) is 3.63. The van der Waals surface area contributed by atoms with E-state index in [1.165, 1.54) is 19.3 Å². The van der Waals surface area contributed by atoms with E-state index >= 15 is 0 Å². The molecule has 1 aliphatic rings. The topological polar surface area (TPSA) is 28.7 Å². The maximum absolute atomic E-state index is 4.60. The lowest BCUT2D eigenvalue weighted by Crippen LogP contribution is -2.14. The first-order valence-electron chi connectivity index (χ1n) is 5.45. The van der Waals surface area contributed by atoms with Crippen molar-refractivity contribution < 1.29 is 0 Å². The third-order valence-corrected chi connectivity index (χ3v) is 3.69. The Hall–Kier alpha value is -0.830. The first-order valence-corrected chi connectivity index (χ1v) is 6.25. The van der Waals surface area contributed by atoms with Gasteiger partial charge in [-0.2, -0.15) is 0 Å². The van der Waals surface area contributed by atoms with E-state index < -0.39 is 0 Å². The Morgan fingerprint density at radius 2 is 2.27 bits per heavy atom. The van der Waals surface area contributed by atoms with E-state index in [-0.39, 0.29) is 0 Å². The van der Waals surface area contributed by atoms with Crippen molar-refractivity contribution in [2.24, 2.45) is 5.92 Å². The van der Waals surface area contributed by atoms with Crippen molar-refractivity contribution in [3.63, 3.8) is 0 Å². The zero-order valence-corrected chi connectivity index (χ0v) is 10.0. The molecule has 0 radical (unpaired) electrons. The van der Waals surface area contributed by atoms with Crippen molar-refractivity contribution in [1.29, 1.82) is 0 Å². The minimum absolute atomic E-state index is 0.869. The van der Waals surface area contributed by atoms with E-state index in [0.29, 0.717) is 0 Å². The Bertz CT molecular complexity index is 485. The molecule has 1 aliphatic carbocycles. The van der Waals surface area contributed by atoms with E-state index in [4.69, 9.17) is 0 Å². The summed E-state index contributed by atoms with van der Waals surface area (Å²) in [6, 6.07) is 6.18. The van der Waals surface area contributed by atoms with Gasteiger partial charge >= 0.3 is 0 Å². The minimum atomic E-state index is 0.869. The molecule has 1 aromatic carbocycles.